The molecule has 0 spiro atoms. The summed E-state index contributed by atoms with van der Waals surface area (Å²) in [5.41, 5.74) is 0.0723. The second-order valence-electron chi connectivity index (χ2n) is 11.1. The van der Waals surface area contributed by atoms with E-state index in [0.29, 0.717) is 0 Å². The number of benzene rings is 2. The molecule has 2 rings (SSSR count). The zero-order valence-corrected chi connectivity index (χ0v) is 28.6. The molecule has 230 valence electrons. The molecule has 12 heteroatoms. The Morgan fingerprint density at radius 2 is 0.905 bits per heavy atom. The SMILES string of the molecule is COC(=O)[C@@H](NC(=O)OC(C)(C)C)C([Se][Se][C@@H](c1ccccc1)[C@H](NC(=O)OC(C)(C)C)C(=O)OC)c1ccccc1. The third kappa shape index (κ3) is 11.7. The van der Waals surface area contributed by atoms with E-state index in [4.69, 9.17) is 18.9 Å². The minimum absolute atomic E-state index is 0.384. The van der Waals surface area contributed by atoms with Crippen LogP contribution in [0.4, 0.5) is 9.59 Å². The number of hydrogen-bond acceptors (Lipinski definition) is 8. The van der Waals surface area contributed by atoms with Crippen LogP contribution in [-0.2, 0) is 28.5 Å². The molecule has 4 atom stereocenters. The number of carbonyl (C=O) groups excluding carboxylic acids is 4. The molecule has 0 fully saturated rings. The molecule has 0 heterocycles. The zero-order chi connectivity index (χ0) is 31.5. The topological polar surface area (TPSA) is 129 Å². The summed E-state index contributed by atoms with van der Waals surface area (Å²) >= 11 is -0.769. The van der Waals surface area contributed by atoms with Crippen molar-refractivity contribution in [3.63, 3.8) is 0 Å². The summed E-state index contributed by atoms with van der Waals surface area (Å²) in [6.45, 7) is 10.4. The number of alkyl carbamates (subject to hydrolysis) is 2. The number of ether oxygens (including phenoxy) is 4. The van der Waals surface area contributed by atoms with Gasteiger partial charge in [0, 0.05) is 0 Å². The van der Waals surface area contributed by atoms with E-state index in [2.05, 4.69) is 10.6 Å². The second kappa shape index (κ2) is 16.0. The van der Waals surface area contributed by atoms with Gasteiger partial charge in [-0.2, -0.15) is 0 Å². The van der Waals surface area contributed by atoms with Crippen molar-refractivity contribution in [2.24, 2.45) is 0 Å². The van der Waals surface area contributed by atoms with Crippen molar-refractivity contribution in [2.45, 2.75) is 74.5 Å². The molecule has 0 aliphatic rings. The predicted molar refractivity (Wildman–Crippen MR) is 160 cm³/mol. The summed E-state index contributed by atoms with van der Waals surface area (Å²) in [6, 6.07) is 16.5. The quantitative estimate of drug-likeness (QED) is 0.204. The van der Waals surface area contributed by atoms with E-state index < -0.39 is 57.0 Å². The molecule has 10 nitrogen and oxygen atoms in total. The predicted octanol–water partition coefficient (Wildman–Crippen LogP) is 3.93. The summed E-state index contributed by atoms with van der Waals surface area (Å²) in [7, 11) is 2.52. The van der Waals surface area contributed by atoms with Crippen LogP contribution in [0.5, 0.6) is 0 Å². The van der Waals surface area contributed by atoms with E-state index in [0.717, 1.165) is 11.1 Å². The van der Waals surface area contributed by atoms with Gasteiger partial charge in [-0.1, -0.05) is 0 Å². The summed E-state index contributed by atoms with van der Waals surface area (Å²) in [6.07, 6.45) is -1.50. The molecule has 2 amide bonds. The van der Waals surface area contributed by atoms with Crippen LogP contribution in [0, 0.1) is 0 Å². The van der Waals surface area contributed by atoms with E-state index in [1.54, 1.807) is 41.5 Å². The van der Waals surface area contributed by atoms with Crippen molar-refractivity contribution < 1.29 is 38.1 Å². The van der Waals surface area contributed by atoms with Crippen LogP contribution in [-0.4, -0.2) is 87.9 Å². The molecular formula is C30H40N2O8Se2. The van der Waals surface area contributed by atoms with Crippen LogP contribution in [0.3, 0.4) is 0 Å². The van der Waals surface area contributed by atoms with Gasteiger partial charge in [0.25, 0.3) is 0 Å². The van der Waals surface area contributed by atoms with E-state index >= 15 is 0 Å². The Hall–Kier alpha value is -3.04. The summed E-state index contributed by atoms with van der Waals surface area (Å²) in [5.74, 6) is -1.25. The Balaban J connectivity index is 2.51. The van der Waals surface area contributed by atoms with Gasteiger partial charge in [-0.3, -0.25) is 0 Å². The normalized spacial score (nSPS) is 14.4. The number of amides is 2. The molecule has 0 bridgehead atoms. The number of methoxy groups -OCH3 is 2. The van der Waals surface area contributed by atoms with Crippen LogP contribution >= 0.6 is 0 Å². The van der Waals surface area contributed by atoms with Crippen molar-refractivity contribution in [3.8, 4) is 0 Å². The number of nitrogens with one attached hydrogen (secondary N) is 2. The van der Waals surface area contributed by atoms with Crippen molar-refractivity contribution in [2.75, 3.05) is 14.2 Å². The Kier molecular flexibility index (Phi) is 13.4. The van der Waals surface area contributed by atoms with E-state index in [-0.39, 0.29) is 26.3 Å². The van der Waals surface area contributed by atoms with Gasteiger partial charge in [0.15, 0.2) is 0 Å². The third-order valence-corrected chi connectivity index (χ3v) is 14.5. The van der Waals surface area contributed by atoms with Gasteiger partial charge in [0.1, 0.15) is 0 Å². The number of carbonyl (C=O) groups is 4. The molecule has 0 saturated heterocycles. The van der Waals surface area contributed by atoms with Crippen LogP contribution in [0.25, 0.3) is 0 Å². The minimum atomic E-state index is -1.05. The summed E-state index contributed by atoms with van der Waals surface area (Å²) in [5, 5.41) is 5.43. The number of hydrogen-bond donors (Lipinski definition) is 2. The van der Waals surface area contributed by atoms with Gasteiger partial charge in [0.05, 0.1) is 0 Å². The molecule has 2 aromatic rings. The van der Waals surface area contributed by atoms with Crippen LogP contribution < -0.4 is 10.6 Å². The summed E-state index contributed by atoms with van der Waals surface area (Å²) < 4.78 is 21.1. The molecule has 0 aliphatic heterocycles. The van der Waals surface area contributed by atoms with Gasteiger partial charge in [-0.25, -0.2) is 0 Å². The fourth-order valence-electron chi connectivity index (χ4n) is 3.65. The molecule has 42 heavy (non-hydrogen) atoms. The monoisotopic (exact) mass is 716 g/mol. The van der Waals surface area contributed by atoms with Crippen LogP contribution in [0.15, 0.2) is 60.7 Å². The van der Waals surface area contributed by atoms with Crippen molar-refractivity contribution >= 4 is 50.4 Å². The van der Waals surface area contributed by atoms with E-state index in [1.807, 2.05) is 60.7 Å². The van der Waals surface area contributed by atoms with Gasteiger partial charge >= 0.3 is 260 Å². The van der Waals surface area contributed by atoms with Crippen molar-refractivity contribution in [3.05, 3.63) is 71.8 Å². The third-order valence-electron chi connectivity index (χ3n) is 5.38. The zero-order valence-electron chi connectivity index (χ0n) is 25.2. The second-order valence-corrected chi connectivity index (χ2v) is 18.3. The molecule has 0 radical (unpaired) electrons. The fourth-order valence-corrected chi connectivity index (χ4v) is 14.0. The van der Waals surface area contributed by atoms with Gasteiger partial charge in [-0.15, -0.1) is 0 Å². The summed E-state index contributed by atoms with van der Waals surface area (Å²) in [4.78, 5) is 50.8. The number of esters is 2. The Morgan fingerprint density at radius 1 is 0.595 bits per heavy atom. The maximum atomic E-state index is 13.1. The maximum absolute atomic E-state index is 13.1. The van der Waals surface area contributed by atoms with Crippen molar-refractivity contribution in [1.29, 1.82) is 0 Å². The first-order valence-electron chi connectivity index (χ1n) is 13.2. The van der Waals surface area contributed by atoms with Gasteiger partial charge < -0.3 is 0 Å². The molecule has 1 unspecified atom stereocenters. The van der Waals surface area contributed by atoms with Crippen LogP contribution in [0.2, 0.25) is 0 Å². The Bertz CT molecular complexity index is 1090. The first-order chi connectivity index (χ1) is 19.6. The van der Waals surface area contributed by atoms with E-state index in [1.165, 1.54) is 14.2 Å². The molecule has 0 saturated carbocycles. The molecule has 0 aromatic heterocycles. The van der Waals surface area contributed by atoms with E-state index in [9.17, 15) is 19.2 Å². The van der Waals surface area contributed by atoms with Gasteiger partial charge in [-0.05, 0) is 0 Å². The number of rotatable bonds is 11. The Labute approximate surface area is 258 Å². The molecule has 2 N–H and O–H groups in total. The van der Waals surface area contributed by atoms with Crippen molar-refractivity contribution in [1.82, 2.24) is 10.6 Å². The molecule has 0 aliphatic carbocycles. The Morgan fingerprint density at radius 3 is 1.17 bits per heavy atom. The molecular weight excluding hydrogens is 674 g/mol. The molecule has 2 aromatic carbocycles. The first kappa shape index (κ1) is 35.2. The average molecular weight is 715 g/mol. The average Bonchev–Trinajstić information content (AvgIpc) is 2.91. The van der Waals surface area contributed by atoms with Gasteiger partial charge in [0.2, 0.25) is 0 Å². The fraction of sp³-hybridized carbons (Fsp3) is 0.467. The van der Waals surface area contributed by atoms with Crippen LogP contribution in [0.1, 0.15) is 62.3 Å². The first-order valence-corrected chi connectivity index (χ1v) is 19.5. The standard InChI is InChI=1S/C30H40N2O8Se2/c1-29(2,3)39-27(35)31-21(25(33)37-7)23(19-15-11-9-12-16-19)41-42-24(20-17-13-10-14-18-20)22(26(34)38-8)32-28(36)40-30(4,5)6/h9-18,21-24H,1-8H3,(H,31,35)(H,32,36)/t21-,22-,23-,24?/m0/s1.